The molecule has 3 fully saturated rings. The number of hydrogen-bond donors (Lipinski definition) is 0. The van der Waals surface area contributed by atoms with Crippen molar-refractivity contribution in [2.24, 2.45) is 34.5 Å². The Labute approximate surface area is 160 Å². The van der Waals surface area contributed by atoms with Crippen molar-refractivity contribution in [1.82, 2.24) is 0 Å². The van der Waals surface area contributed by atoms with Crippen LogP contribution in [0.25, 0.3) is 0 Å². The minimum atomic E-state index is -1.26. The molecule has 8 atom stereocenters. The van der Waals surface area contributed by atoms with Gasteiger partial charge in [0.15, 0.2) is 0 Å². The van der Waals surface area contributed by atoms with Gasteiger partial charge in [0.1, 0.15) is 11.9 Å². The van der Waals surface area contributed by atoms with Gasteiger partial charge in [0.05, 0.1) is 0 Å². The zero-order valence-electron chi connectivity index (χ0n) is 18.6. The van der Waals surface area contributed by atoms with Crippen LogP contribution >= 0.6 is 0 Å². The summed E-state index contributed by atoms with van der Waals surface area (Å²) >= 11 is 0. The van der Waals surface area contributed by atoms with Crippen molar-refractivity contribution >= 4 is 11.8 Å². The van der Waals surface area contributed by atoms with Gasteiger partial charge in [-0.1, -0.05) is 25.5 Å². The Balaban J connectivity index is 1.64. The molecule has 0 amide bonds. The first-order valence-electron chi connectivity index (χ1n) is 11.4. The standard InChI is InChI=1S/C23H34O3/c1-14(24)19-7-8-20-18-6-5-16-13-17(26-15(2)25)9-11-22(16,3)21(18)10-12-23(19,20)4/h5,17-21H,6-13H2,1-4H3/t17-,18-,19+,20-,21-,22-,23+/m0/s1/i7D,19D/t7-,17+,18+,19-,20+,21+,22+,23-/m1. The Bertz CT molecular complexity index is 733. The van der Waals surface area contributed by atoms with Crippen molar-refractivity contribution in [3.63, 3.8) is 0 Å². The molecule has 0 N–H and O–H groups in total. The molecule has 3 heteroatoms. The molecule has 0 aromatic heterocycles. The topological polar surface area (TPSA) is 43.4 Å². The number of esters is 1. The molecule has 144 valence electrons. The monoisotopic (exact) mass is 360 g/mol. The maximum Gasteiger partial charge on any atom is 0.302 e. The third kappa shape index (κ3) is 2.60. The van der Waals surface area contributed by atoms with Crippen LogP contribution in [0.4, 0.5) is 0 Å². The SMILES string of the molecule is [2H][C@@H]1C[C@H]2[C@@H]3CC=C4C[C@@H](OC(C)=O)CC[C@]4(C)[C@H]3CC[C@]2(C)[C@@]1([2H])C(C)=O. The average molecular weight is 361 g/mol. The van der Waals surface area contributed by atoms with Crippen LogP contribution in [-0.4, -0.2) is 17.9 Å². The molecule has 0 aromatic carbocycles. The molecule has 26 heavy (non-hydrogen) atoms. The molecule has 4 aliphatic rings. The van der Waals surface area contributed by atoms with Gasteiger partial charge in [-0.25, -0.2) is 0 Å². The van der Waals surface area contributed by atoms with Crippen LogP contribution in [0.1, 0.15) is 81.8 Å². The van der Waals surface area contributed by atoms with E-state index in [9.17, 15) is 9.59 Å². The summed E-state index contributed by atoms with van der Waals surface area (Å²) < 4.78 is 23.1. The Morgan fingerprint density at radius 2 is 1.96 bits per heavy atom. The molecule has 0 spiro atoms. The summed E-state index contributed by atoms with van der Waals surface area (Å²) in [6.07, 6.45) is 8.11. The minimum absolute atomic E-state index is 0.00457. The number of allylic oxidation sites excluding steroid dienone is 1. The second kappa shape index (κ2) is 6.21. The number of ketones is 1. The van der Waals surface area contributed by atoms with Crippen molar-refractivity contribution in [3.05, 3.63) is 11.6 Å². The number of hydrogen-bond acceptors (Lipinski definition) is 3. The molecule has 3 saturated carbocycles. The molecule has 0 radical (unpaired) electrons. The van der Waals surface area contributed by atoms with E-state index >= 15 is 0 Å². The molecular weight excluding hydrogens is 324 g/mol. The van der Waals surface area contributed by atoms with E-state index < -0.39 is 12.3 Å². The third-order valence-corrected chi connectivity index (χ3v) is 8.35. The molecule has 4 rings (SSSR count). The van der Waals surface area contributed by atoms with Crippen LogP contribution < -0.4 is 0 Å². The Morgan fingerprint density at radius 1 is 1.19 bits per heavy atom. The predicted molar refractivity (Wildman–Crippen MR) is 101 cm³/mol. The largest absolute Gasteiger partial charge is 0.462 e. The highest BCUT2D eigenvalue weighted by Crippen LogP contribution is 2.66. The lowest BCUT2D eigenvalue weighted by Gasteiger charge is -2.58. The van der Waals surface area contributed by atoms with Crippen LogP contribution in [0.3, 0.4) is 0 Å². The normalized spacial score (nSPS) is 54.0. The number of Topliss-reactive ketones (excluding diaryl/α,β-unsaturated/α-hetero) is 1. The summed E-state index contributed by atoms with van der Waals surface area (Å²) in [6, 6.07) is 0. The lowest BCUT2D eigenvalue weighted by atomic mass is 9.47. The highest BCUT2D eigenvalue weighted by molar-refractivity contribution is 5.79. The lowest BCUT2D eigenvalue weighted by molar-refractivity contribution is -0.149. The van der Waals surface area contributed by atoms with Crippen LogP contribution in [0.15, 0.2) is 11.6 Å². The predicted octanol–water partition coefficient (Wildman–Crippen LogP) is 5.09. The Morgan fingerprint density at radius 3 is 2.65 bits per heavy atom. The molecular formula is C23H34O3. The van der Waals surface area contributed by atoms with Crippen molar-refractivity contribution in [1.29, 1.82) is 0 Å². The molecule has 0 aromatic rings. The zero-order valence-corrected chi connectivity index (χ0v) is 16.6. The number of carbonyl (C=O) groups is 2. The quantitative estimate of drug-likeness (QED) is 0.509. The molecule has 0 saturated heterocycles. The Kier molecular flexibility index (Phi) is 3.79. The van der Waals surface area contributed by atoms with Crippen molar-refractivity contribution in [3.8, 4) is 0 Å². The smallest absolute Gasteiger partial charge is 0.302 e. The highest BCUT2D eigenvalue weighted by Gasteiger charge is 2.59. The van der Waals surface area contributed by atoms with E-state index in [1.165, 1.54) is 19.4 Å². The maximum atomic E-state index is 12.5. The minimum Gasteiger partial charge on any atom is -0.462 e. The highest BCUT2D eigenvalue weighted by atomic mass is 16.5. The van der Waals surface area contributed by atoms with Crippen LogP contribution in [-0.2, 0) is 14.3 Å². The van der Waals surface area contributed by atoms with E-state index in [4.69, 9.17) is 7.48 Å². The number of carbonyl (C=O) groups excluding carboxylic acids is 2. The second-order valence-electron chi connectivity index (χ2n) is 9.60. The summed E-state index contributed by atoms with van der Waals surface area (Å²) in [5.41, 5.74) is 1.18. The molecule has 0 unspecified atom stereocenters. The van der Waals surface area contributed by atoms with Gasteiger partial charge in [-0.05, 0) is 80.4 Å². The van der Waals surface area contributed by atoms with Gasteiger partial charge >= 0.3 is 5.97 Å². The fourth-order valence-electron chi connectivity index (χ4n) is 7.08. The molecule has 3 nitrogen and oxygen atoms in total. The van der Waals surface area contributed by atoms with Gasteiger partial charge in [-0.2, -0.15) is 0 Å². The van der Waals surface area contributed by atoms with E-state index in [0.29, 0.717) is 18.3 Å². The maximum absolute atomic E-state index is 12.5. The first-order valence-corrected chi connectivity index (χ1v) is 10.3. The number of ether oxygens (including phenoxy) is 1. The van der Waals surface area contributed by atoms with Crippen LogP contribution in [0, 0.1) is 34.5 Å². The van der Waals surface area contributed by atoms with Crippen molar-refractivity contribution in [2.45, 2.75) is 85.1 Å². The second-order valence-corrected chi connectivity index (χ2v) is 9.60. The number of fused-ring (bicyclic) bond motifs is 5. The summed E-state index contributed by atoms with van der Waals surface area (Å²) in [7, 11) is 0. The van der Waals surface area contributed by atoms with Crippen LogP contribution in [0.5, 0.6) is 0 Å². The van der Waals surface area contributed by atoms with Gasteiger partial charge in [0, 0.05) is 22.0 Å². The van der Waals surface area contributed by atoms with E-state index in [1.54, 1.807) is 0 Å². The van der Waals surface area contributed by atoms with E-state index in [-0.39, 0.29) is 34.6 Å². The lowest BCUT2D eigenvalue weighted by Crippen LogP contribution is -2.51. The van der Waals surface area contributed by atoms with Gasteiger partial charge in [0.2, 0.25) is 0 Å². The summed E-state index contributed by atoms with van der Waals surface area (Å²) in [5, 5.41) is 0. The molecule has 0 aliphatic heterocycles. The van der Waals surface area contributed by atoms with Gasteiger partial charge in [0.25, 0.3) is 0 Å². The summed E-state index contributed by atoms with van der Waals surface area (Å²) in [5.74, 6) is -0.310. The van der Waals surface area contributed by atoms with Crippen LogP contribution in [0.2, 0.25) is 0 Å². The van der Waals surface area contributed by atoms with E-state index in [0.717, 1.165) is 38.5 Å². The first-order chi connectivity index (χ1) is 13.0. The fourth-order valence-corrected chi connectivity index (χ4v) is 7.08. The first kappa shape index (κ1) is 15.9. The van der Waals surface area contributed by atoms with E-state index in [2.05, 4.69) is 19.9 Å². The van der Waals surface area contributed by atoms with Gasteiger partial charge in [-0.3, -0.25) is 9.59 Å². The fraction of sp³-hybridized carbons (Fsp3) is 0.826. The summed E-state index contributed by atoms with van der Waals surface area (Å²) in [6.45, 7) is 7.51. The van der Waals surface area contributed by atoms with Gasteiger partial charge < -0.3 is 4.74 Å². The third-order valence-electron chi connectivity index (χ3n) is 8.35. The molecule has 0 bridgehead atoms. The summed E-state index contributed by atoms with van der Waals surface area (Å²) in [4.78, 5) is 23.8. The van der Waals surface area contributed by atoms with Crippen molar-refractivity contribution in [2.75, 3.05) is 0 Å². The Hall–Kier alpha value is -1.12. The molecule has 4 aliphatic carbocycles. The zero-order chi connectivity index (χ0) is 20.5. The molecule has 0 heterocycles. The number of rotatable bonds is 2. The van der Waals surface area contributed by atoms with Gasteiger partial charge in [-0.15, -0.1) is 0 Å². The average Bonchev–Trinajstić information content (AvgIpc) is 2.83. The van der Waals surface area contributed by atoms with E-state index in [1.807, 2.05) is 0 Å². The van der Waals surface area contributed by atoms with Crippen molar-refractivity contribution < 1.29 is 17.1 Å².